The number of amides is 2. The maximum Gasteiger partial charge on any atom is 0.224 e. The van der Waals surface area contributed by atoms with Gasteiger partial charge in [-0.15, -0.1) is 0 Å². The first-order valence-electron chi connectivity index (χ1n) is 12.4. The van der Waals surface area contributed by atoms with Crippen LogP contribution in [0.25, 0.3) is 11.1 Å². The van der Waals surface area contributed by atoms with Gasteiger partial charge in [-0.25, -0.2) is 0 Å². The Morgan fingerprint density at radius 1 is 0.594 bits per heavy atom. The van der Waals surface area contributed by atoms with Crippen molar-refractivity contribution >= 4 is 11.8 Å². The van der Waals surface area contributed by atoms with Crippen LogP contribution < -0.4 is 10.6 Å². The number of carbonyl (C=O) groups is 2. The molecule has 2 aromatic rings. The molecule has 4 heteroatoms. The van der Waals surface area contributed by atoms with E-state index in [9.17, 15) is 9.59 Å². The Hall–Kier alpha value is -2.62. The number of carbonyl (C=O) groups excluding carboxylic acids is 2. The predicted molar refractivity (Wildman–Crippen MR) is 129 cm³/mol. The van der Waals surface area contributed by atoms with Crippen molar-refractivity contribution in [2.24, 2.45) is 0 Å². The molecule has 2 fully saturated rings. The lowest BCUT2D eigenvalue weighted by Crippen LogP contribution is -2.37. The van der Waals surface area contributed by atoms with Gasteiger partial charge in [0.25, 0.3) is 0 Å². The van der Waals surface area contributed by atoms with Gasteiger partial charge in [0.2, 0.25) is 11.8 Å². The van der Waals surface area contributed by atoms with Gasteiger partial charge >= 0.3 is 0 Å². The van der Waals surface area contributed by atoms with E-state index < -0.39 is 0 Å². The molecule has 0 saturated heterocycles. The summed E-state index contributed by atoms with van der Waals surface area (Å²) in [5.41, 5.74) is 4.13. The molecule has 2 saturated carbocycles. The van der Waals surface area contributed by atoms with Crippen LogP contribution in [0, 0.1) is 0 Å². The van der Waals surface area contributed by atoms with Crippen LogP contribution in [0.3, 0.4) is 0 Å². The summed E-state index contributed by atoms with van der Waals surface area (Å²) >= 11 is 0. The molecule has 2 aliphatic rings. The quantitative estimate of drug-likeness (QED) is 0.621. The van der Waals surface area contributed by atoms with Crippen molar-refractivity contribution in [3.63, 3.8) is 0 Å². The fraction of sp³-hybridized carbons (Fsp3) is 0.500. The second kappa shape index (κ2) is 11.3. The molecule has 0 aromatic heterocycles. The maximum atomic E-state index is 12.8. The fourth-order valence-corrected chi connectivity index (χ4v) is 5.27. The van der Waals surface area contributed by atoms with Gasteiger partial charge in [0.1, 0.15) is 0 Å². The van der Waals surface area contributed by atoms with Crippen LogP contribution in [0.1, 0.15) is 75.3 Å². The van der Waals surface area contributed by atoms with E-state index in [2.05, 4.69) is 22.8 Å². The van der Waals surface area contributed by atoms with E-state index in [0.29, 0.717) is 24.9 Å². The van der Waals surface area contributed by atoms with Gasteiger partial charge in [-0.1, -0.05) is 87.1 Å². The molecule has 4 nitrogen and oxygen atoms in total. The monoisotopic (exact) mass is 432 g/mol. The van der Waals surface area contributed by atoms with Gasteiger partial charge in [-0.2, -0.15) is 0 Å². The molecule has 4 rings (SSSR count). The Balaban J connectivity index is 1.46. The average molecular weight is 433 g/mol. The van der Waals surface area contributed by atoms with Crippen molar-refractivity contribution in [2.75, 3.05) is 0 Å². The first-order valence-corrected chi connectivity index (χ1v) is 12.4. The minimum absolute atomic E-state index is 0.0943. The molecule has 0 heterocycles. The maximum absolute atomic E-state index is 12.8. The molecular formula is C28H36N2O2. The SMILES string of the molecule is O=C(Cc1ccccc1-c1ccccc1CC(=O)NC1CCCCC1)NC1CCCCC1. The highest BCUT2D eigenvalue weighted by Crippen LogP contribution is 2.28. The number of hydrogen-bond donors (Lipinski definition) is 2. The average Bonchev–Trinajstić information content (AvgIpc) is 2.81. The third-order valence-electron chi connectivity index (χ3n) is 6.97. The largest absolute Gasteiger partial charge is 0.353 e. The number of hydrogen-bond acceptors (Lipinski definition) is 2. The van der Waals surface area contributed by atoms with Crippen molar-refractivity contribution in [1.29, 1.82) is 0 Å². The minimum Gasteiger partial charge on any atom is -0.353 e. The lowest BCUT2D eigenvalue weighted by molar-refractivity contribution is -0.122. The van der Waals surface area contributed by atoms with Gasteiger partial charge in [0.05, 0.1) is 12.8 Å². The summed E-state index contributed by atoms with van der Waals surface area (Å²) in [5, 5.41) is 6.47. The highest BCUT2D eigenvalue weighted by Gasteiger charge is 2.19. The molecule has 2 aliphatic carbocycles. The molecule has 0 radical (unpaired) electrons. The molecule has 2 N–H and O–H groups in total. The highest BCUT2D eigenvalue weighted by molar-refractivity contribution is 5.85. The summed E-state index contributed by atoms with van der Waals surface area (Å²) in [7, 11) is 0. The summed E-state index contributed by atoms with van der Waals surface area (Å²) in [6.45, 7) is 0. The molecule has 32 heavy (non-hydrogen) atoms. The van der Waals surface area contributed by atoms with Crippen LogP contribution in [0.4, 0.5) is 0 Å². The second-order valence-corrected chi connectivity index (χ2v) is 9.47. The molecule has 0 spiro atoms. The summed E-state index contributed by atoms with van der Waals surface area (Å²) in [5.74, 6) is 0.189. The second-order valence-electron chi connectivity index (χ2n) is 9.47. The van der Waals surface area contributed by atoms with E-state index >= 15 is 0 Å². The normalized spacial score (nSPS) is 17.6. The van der Waals surface area contributed by atoms with E-state index in [-0.39, 0.29) is 11.8 Å². The molecule has 2 aromatic carbocycles. The zero-order chi connectivity index (χ0) is 22.2. The molecule has 2 amide bonds. The van der Waals surface area contributed by atoms with Crippen LogP contribution in [0.15, 0.2) is 48.5 Å². The highest BCUT2D eigenvalue weighted by atomic mass is 16.2. The molecule has 0 unspecified atom stereocenters. The Kier molecular flexibility index (Phi) is 7.97. The van der Waals surface area contributed by atoms with Gasteiger partial charge in [0.15, 0.2) is 0 Å². The Labute approximate surface area is 192 Å². The molecular weight excluding hydrogens is 396 g/mol. The Morgan fingerprint density at radius 3 is 1.38 bits per heavy atom. The van der Waals surface area contributed by atoms with Crippen LogP contribution in [0.2, 0.25) is 0 Å². The lowest BCUT2D eigenvalue weighted by Gasteiger charge is -2.23. The van der Waals surface area contributed by atoms with Gasteiger partial charge in [0, 0.05) is 12.1 Å². The van der Waals surface area contributed by atoms with E-state index in [1.165, 1.54) is 38.5 Å². The third-order valence-corrected chi connectivity index (χ3v) is 6.97. The molecule has 0 atom stereocenters. The van der Waals surface area contributed by atoms with Gasteiger partial charge in [-0.05, 0) is 47.9 Å². The van der Waals surface area contributed by atoms with Gasteiger partial charge in [-0.3, -0.25) is 9.59 Å². The summed E-state index contributed by atoms with van der Waals surface area (Å²) in [4.78, 5) is 25.5. The summed E-state index contributed by atoms with van der Waals surface area (Å²) in [6.07, 6.45) is 12.5. The standard InChI is InChI=1S/C28H36N2O2/c31-27(29-23-13-3-1-4-14-23)19-21-11-7-9-17-25(21)26-18-10-8-12-22(26)20-28(32)30-24-15-5-2-6-16-24/h7-12,17-18,23-24H,1-6,13-16,19-20H2,(H,29,31)(H,30,32). The van der Waals surface area contributed by atoms with Crippen LogP contribution in [0.5, 0.6) is 0 Å². The third kappa shape index (κ3) is 6.21. The minimum atomic E-state index is 0.0943. The molecule has 170 valence electrons. The fourth-order valence-electron chi connectivity index (χ4n) is 5.27. The molecule has 0 bridgehead atoms. The first-order chi connectivity index (χ1) is 15.7. The van der Waals surface area contributed by atoms with E-state index in [1.54, 1.807) is 0 Å². The number of nitrogens with one attached hydrogen (secondary N) is 2. The number of benzene rings is 2. The zero-order valence-corrected chi connectivity index (χ0v) is 19.1. The number of rotatable bonds is 7. The van der Waals surface area contributed by atoms with Crippen molar-refractivity contribution < 1.29 is 9.59 Å². The topological polar surface area (TPSA) is 58.2 Å². The van der Waals surface area contributed by atoms with Crippen molar-refractivity contribution in [2.45, 2.75) is 89.1 Å². The van der Waals surface area contributed by atoms with Crippen LogP contribution >= 0.6 is 0 Å². The van der Waals surface area contributed by atoms with Gasteiger partial charge < -0.3 is 10.6 Å². The Morgan fingerprint density at radius 2 is 0.969 bits per heavy atom. The van der Waals surface area contributed by atoms with Crippen LogP contribution in [-0.2, 0) is 22.4 Å². The summed E-state index contributed by atoms with van der Waals surface area (Å²) in [6, 6.07) is 16.9. The summed E-state index contributed by atoms with van der Waals surface area (Å²) < 4.78 is 0. The van der Waals surface area contributed by atoms with E-state index in [0.717, 1.165) is 47.9 Å². The van der Waals surface area contributed by atoms with Crippen molar-refractivity contribution in [1.82, 2.24) is 10.6 Å². The lowest BCUT2D eigenvalue weighted by atomic mass is 9.91. The van der Waals surface area contributed by atoms with E-state index in [1.807, 2.05) is 36.4 Å². The molecule has 0 aliphatic heterocycles. The zero-order valence-electron chi connectivity index (χ0n) is 19.1. The first kappa shape index (κ1) is 22.6. The van der Waals surface area contributed by atoms with Crippen LogP contribution in [-0.4, -0.2) is 23.9 Å². The van der Waals surface area contributed by atoms with Crippen molar-refractivity contribution in [3.05, 3.63) is 59.7 Å². The smallest absolute Gasteiger partial charge is 0.224 e. The predicted octanol–water partition coefficient (Wildman–Crippen LogP) is 5.34. The Bertz CT molecular complexity index is 836. The van der Waals surface area contributed by atoms with E-state index in [4.69, 9.17) is 0 Å². The van der Waals surface area contributed by atoms with Crippen molar-refractivity contribution in [3.8, 4) is 11.1 Å².